The van der Waals surface area contributed by atoms with E-state index >= 15 is 0 Å². The largest absolute Gasteiger partial charge is 0.368 e. The second-order valence-corrected chi connectivity index (χ2v) is 6.68. The molecule has 24 heavy (non-hydrogen) atoms. The number of rotatable bonds is 4. The lowest BCUT2D eigenvalue weighted by molar-refractivity contribution is 0.0814. The van der Waals surface area contributed by atoms with Gasteiger partial charge in [-0.1, -0.05) is 36.8 Å². The van der Waals surface area contributed by atoms with Crippen LogP contribution in [0.5, 0.6) is 0 Å². The first-order chi connectivity index (χ1) is 11.5. The first-order valence-corrected chi connectivity index (χ1v) is 8.53. The van der Waals surface area contributed by atoms with Crippen molar-refractivity contribution in [3.05, 3.63) is 41.7 Å². The monoisotopic (exact) mass is 326 g/mol. The minimum Gasteiger partial charge on any atom is -0.368 e. The number of hydrogen-bond acceptors (Lipinski definition) is 6. The summed E-state index contributed by atoms with van der Waals surface area (Å²) in [6, 6.07) is 11.6. The van der Waals surface area contributed by atoms with Gasteiger partial charge in [0.05, 0.1) is 6.54 Å². The zero-order chi connectivity index (χ0) is 17.1. The molecule has 1 saturated heterocycles. The third-order valence-electron chi connectivity index (χ3n) is 4.66. The molecule has 0 bridgehead atoms. The van der Waals surface area contributed by atoms with E-state index in [1.807, 2.05) is 19.0 Å². The van der Waals surface area contributed by atoms with Crippen LogP contribution < -0.4 is 10.6 Å². The van der Waals surface area contributed by atoms with Gasteiger partial charge in [-0.05, 0) is 25.3 Å². The maximum Gasteiger partial charge on any atom is 0.229 e. The van der Waals surface area contributed by atoms with Crippen molar-refractivity contribution in [2.75, 3.05) is 24.7 Å². The summed E-state index contributed by atoms with van der Waals surface area (Å²) in [5.74, 6) is 1.63. The molecule has 0 spiro atoms. The molecular weight excluding hydrogens is 300 g/mol. The Balaban J connectivity index is 1.88. The molecule has 1 fully saturated rings. The Morgan fingerprint density at radius 2 is 1.88 bits per heavy atom. The third kappa shape index (κ3) is 3.64. The summed E-state index contributed by atoms with van der Waals surface area (Å²) in [4.78, 5) is 17.5. The van der Waals surface area contributed by atoms with E-state index in [9.17, 15) is 0 Å². The Morgan fingerprint density at radius 3 is 2.58 bits per heavy atom. The number of nitrogen functional groups attached to an aromatic ring is 1. The van der Waals surface area contributed by atoms with Crippen LogP contribution in [0.15, 0.2) is 30.3 Å². The van der Waals surface area contributed by atoms with E-state index in [-0.39, 0.29) is 5.95 Å². The fourth-order valence-electron chi connectivity index (χ4n) is 3.40. The molecule has 2 atom stereocenters. The molecule has 128 valence electrons. The lowest BCUT2D eigenvalue weighted by Crippen LogP contribution is -2.40. The molecule has 2 heterocycles. The second-order valence-electron chi connectivity index (χ2n) is 6.68. The van der Waals surface area contributed by atoms with Crippen LogP contribution in [0.1, 0.15) is 43.6 Å². The number of piperidine rings is 1. The average Bonchev–Trinajstić information content (AvgIpc) is 2.57. The van der Waals surface area contributed by atoms with Crippen LogP contribution in [0.25, 0.3) is 0 Å². The SMILES string of the molecule is CC1CCCC(c2ccccc2)N1Cc1nc(N)nc(N(C)C)n1. The Morgan fingerprint density at radius 1 is 1.12 bits per heavy atom. The molecule has 1 aliphatic rings. The maximum absolute atomic E-state index is 5.88. The first kappa shape index (κ1) is 16.6. The van der Waals surface area contributed by atoms with Gasteiger partial charge in [0.25, 0.3) is 0 Å². The number of benzene rings is 1. The fraction of sp³-hybridized carbons (Fsp3) is 0.500. The van der Waals surface area contributed by atoms with Crippen LogP contribution in [-0.4, -0.2) is 40.0 Å². The molecule has 1 aliphatic heterocycles. The summed E-state index contributed by atoms with van der Waals surface area (Å²) in [6.45, 7) is 2.97. The van der Waals surface area contributed by atoms with E-state index in [0.717, 1.165) is 12.2 Å². The van der Waals surface area contributed by atoms with Crippen LogP contribution in [-0.2, 0) is 6.54 Å². The molecular formula is C18H26N6. The van der Waals surface area contributed by atoms with Gasteiger partial charge in [0.15, 0.2) is 0 Å². The van der Waals surface area contributed by atoms with Gasteiger partial charge in [-0.2, -0.15) is 15.0 Å². The van der Waals surface area contributed by atoms with E-state index in [4.69, 9.17) is 5.73 Å². The van der Waals surface area contributed by atoms with Crippen LogP contribution in [0.4, 0.5) is 11.9 Å². The zero-order valence-electron chi connectivity index (χ0n) is 14.7. The molecule has 1 aromatic carbocycles. The van der Waals surface area contributed by atoms with Gasteiger partial charge < -0.3 is 10.6 Å². The van der Waals surface area contributed by atoms with E-state index in [0.29, 0.717) is 24.6 Å². The van der Waals surface area contributed by atoms with Crippen molar-refractivity contribution in [2.45, 2.75) is 44.8 Å². The van der Waals surface area contributed by atoms with Crippen molar-refractivity contribution in [3.63, 3.8) is 0 Å². The topological polar surface area (TPSA) is 71.2 Å². The first-order valence-electron chi connectivity index (χ1n) is 8.53. The van der Waals surface area contributed by atoms with Crippen LogP contribution in [0.3, 0.4) is 0 Å². The number of aromatic nitrogens is 3. The minimum atomic E-state index is 0.282. The molecule has 1 aromatic heterocycles. The molecule has 2 unspecified atom stereocenters. The molecule has 2 N–H and O–H groups in total. The van der Waals surface area contributed by atoms with Gasteiger partial charge in [-0.15, -0.1) is 0 Å². The molecule has 0 radical (unpaired) electrons. The molecule has 6 heteroatoms. The highest BCUT2D eigenvalue weighted by Gasteiger charge is 2.29. The summed E-state index contributed by atoms with van der Waals surface area (Å²) >= 11 is 0. The van der Waals surface area contributed by atoms with Crippen molar-refractivity contribution in [2.24, 2.45) is 0 Å². The lowest BCUT2D eigenvalue weighted by atomic mass is 9.91. The smallest absolute Gasteiger partial charge is 0.229 e. The summed E-state index contributed by atoms with van der Waals surface area (Å²) in [6.07, 6.45) is 3.61. The second kappa shape index (κ2) is 7.13. The zero-order valence-corrected chi connectivity index (χ0v) is 14.7. The summed E-state index contributed by atoms with van der Waals surface area (Å²) < 4.78 is 0. The average molecular weight is 326 g/mol. The number of likely N-dealkylation sites (tertiary alicyclic amines) is 1. The van der Waals surface area contributed by atoms with Crippen LogP contribution in [0.2, 0.25) is 0 Å². The Hall–Kier alpha value is -2.21. The van der Waals surface area contributed by atoms with Gasteiger partial charge in [-0.25, -0.2) is 0 Å². The van der Waals surface area contributed by atoms with Gasteiger partial charge in [0.2, 0.25) is 11.9 Å². The van der Waals surface area contributed by atoms with E-state index in [1.165, 1.54) is 18.4 Å². The normalized spacial score (nSPS) is 21.6. The van der Waals surface area contributed by atoms with Gasteiger partial charge in [-0.3, -0.25) is 4.90 Å². The van der Waals surface area contributed by atoms with E-state index < -0.39 is 0 Å². The summed E-state index contributed by atoms with van der Waals surface area (Å²) in [7, 11) is 3.82. The lowest BCUT2D eigenvalue weighted by Gasteiger charge is -2.40. The van der Waals surface area contributed by atoms with Crippen molar-refractivity contribution in [1.82, 2.24) is 19.9 Å². The predicted molar refractivity (Wildman–Crippen MR) is 96.6 cm³/mol. The minimum absolute atomic E-state index is 0.282. The summed E-state index contributed by atoms with van der Waals surface area (Å²) in [5.41, 5.74) is 7.24. The molecule has 6 nitrogen and oxygen atoms in total. The van der Waals surface area contributed by atoms with Crippen molar-refractivity contribution in [1.29, 1.82) is 0 Å². The molecule has 0 amide bonds. The highest BCUT2D eigenvalue weighted by molar-refractivity contribution is 5.32. The highest BCUT2D eigenvalue weighted by Crippen LogP contribution is 2.35. The Kier molecular flexibility index (Phi) is 4.94. The van der Waals surface area contributed by atoms with E-state index in [2.05, 4.69) is 57.1 Å². The summed E-state index contributed by atoms with van der Waals surface area (Å²) in [5, 5.41) is 0. The number of nitrogens with zero attached hydrogens (tertiary/aromatic N) is 5. The standard InChI is InChI=1S/C18H26N6/c1-13-8-7-11-15(14-9-5-4-6-10-14)24(13)12-16-20-17(19)22-18(21-16)23(2)3/h4-6,9-10,13,15H,7-8,11-12H2,1-3H3,(H2,19,20,21,22). The van der Waals surface area contributed by atoms with Crippen molar-refractivity contribution >= 4 is 11.9 Å². The number of anilines is 2. The number of nitrogens with two attached hydrogens (primary N) is 1. The Bertz CT molecular complexity index is 672. The van der Waals surface area contributed by atoms with Crippen LogP contribution in [0, 0.1) is 0 Å². The van der Waals surface area contributed by atoms with Gasteiger partial charge in [0.1, 0.15) is 5.82 Å². The molecule has 3 rings (SSSR count). The molecule has 0 aliphatic carbocycles. The highest BCUT2D eigenvalue weighted by atomic mass is 15.3. The third-order valence-corrected chi connectivity index (χ3v) is 4.66. The van der Waals surface area contributed by atoms with E-state index in [1.54, 1.807) is 0 Å². The maximum atomic E-state index is 5.88. The molecule has 0 saturated carbocycles. The number of hydrogen-bond donors (Lipinski definition) is 1. The van der Waals surface area contributed by atoms with Crippen molar-refractivity contribution in [3.8, 4) is 0 Å². The predicted octanol–water partition coefficient (Wildman–Crippen LogP) is 2.64. The van der Waals surface area contributed by atoms with Crippen molar-refractivity contribution < 1.29 is 0 Å². The quantitative estimate of drug-likeness (QED) is 0.931. The fourth-order valence-corrected chi connectivity index (χ4v) is 3.40. The van der Waals surface area contributed by atoms with Crippen LogP contribution >= 0.6 is 0 Å². The van der Waals surface area contributed by atoms with Gasteiger partial charge >= 0.3 is 0 Å². The molecule has 2 aromatic rings. The Labute approximate surface area is 143 Å². The van der Waals surface area contributed by atoms with Gasteiger partial charge in [0, 0.05) is 26.2 Å².